The van der Waals surface area contributed by atoms with E-state index in [0.717, 1.165) is 49.0 Å². The van der Waals surface area contributed by atoms with Crippen molar-refractivity contribution >= 4 is 23.3 Å². The summed E-state index contributed by atoms with van der Waals surface area (Å²) in [6.07, 6.45) is 0.908. The average Bonchev–Trinajstić information content (AvgIpc) is 2.99. The lowest BCUT2D eigenvalue weighted by Gasteiger charge is -2.30. The van der Waals surface area contributed by atoms with Gasteiger partial charge in [-0.3, -0.25) is 4.79 Å². The smallest absolute Gasteiger partial charge is 0.229 e. The molecule has 2 heterocycles. The summed E-state index contributed by atoms with van der Waals surface area (Å²) in [5.74, 6) is 2.54. The predicted octanol–water partition coefficient (Wildman–Crippen LogP) is 4.88. The molecule has 1 fully saturated rings. The molecular formula is C24H33ClN4O. The van der Waals surface area contributed by atoms with Gasteiger partial charge in [0.15, 0.2) is 5.82 Å². The highest BCUT2D eigenvalue weighted by molar-refractivity contribution is 6.19. The van der Waals surface area contributed by atoms with Crippen LogP contribution in [0.3, 0.4) is 0 Å². The number of alkyl halides is 1. The second kappa shape index (κ2) is 9.34. The summed E-state index contributed by atoms with van der Waals surface area (Å²) in [7, 11) is 0. The maximum atomic E-state index is 12.9. The number of amides is 1. The van der Waals surface area contributed by atoms with Crippen LogP contribution in [0.5, 0.6) is 0 Å². The summed E-state index contributed by atoms with van der Waals surface area (Å²) in [5, 5.41) is 0. The number of aryl methyl sites for hydroxylation is 1. The fraction of sp³-hybridized carbons (Fsp3) is 0.542. The number of aromatic nitrogens is 2. The van der Waals surface area contributed by atoms with E-state index in [1.807, 2.05) is 49.1 Å². The molecule has 0 unspecified atom stereocenters. The van der Waals surface area contributed by atoms with Gasteiger partial charge in [0.05, 0.1) is 5.41 Å². The van der Waals surface area contributed by atoms with Gasteiger partial charge in [0.1, 0.15) is 5.82 Å². The van der Waals surface area contributed by atoms with Gasteiger partial charge < -0.3 is 9.80 Å². The zero-order valence-corrected chi connectivity index (χ0v) is 19.5. The predicted molar refractivity (Wildman–Crippen MR) is 124 cm³/mol. The van der Waals surface area contributed by atoms with Crippen LogP contribution in [0, 0.1) is 12.3 Å². The molecule has 0 N–H and O–H groups in total. The highest BCUT2D eigenvalue weighted by Gasteiger charge is 2.32. The highest BCUT2D eigenvalue weighted by atomic mass is 35.5. The summed E-state index contributed by atoms with van der Waals surface area (Å²) in [6.45, 7) is 13.3. The van der Waals surface area contributed by atoms with Crippen molar-refractivity contribution in [2.75, 3.05) is 37.0 Å². The average molecular weight is 429 g/mol. The van der Waals surface area contributed by atoms with Crippen LogP contribution in [0.1, 0.15) is 51.3 Å². The maximum Gasteiger partial charge on any atom is 0.229 e. The van der Waals surface area contributed by atoms with Gasteiger partial charge in [0.2, 0.25) is 5.91 Å². The lowest BCUT2D eigenvalue weighted by molar-refractivity contribution is -0.139. The summed E-state index contributed by atoms with van der Waals surface area (Å²) in [4.78, 5) is 27.0. The van der Waals surface area contributed by atoms with Crippen molar-refractivity contribution in [2.45, 2.75) is 47.0 Å². The third-order valence-electron chi connectivity index (χ3n) is 5.72. The molecule has 1 aromatic carbocycles. The van der Waals surface area contributed by atoms with E-state index in [1.54, 1.807) is 0 Å². The van der Waals surface area contributed by atoms with Crippen LogP contribution in [0.15, 0.2) is 30.3 Å². The Labute approximate surface area is 185 Å². The van der Waals surface area contributed by atoms with E-state index in [1.165, 1.54) is 5.56 Å². The Morgan fingerprint density at radius 3 is 2.43 bits per heavy atom. The number of rotatable bonds is 5. The Kier molecular flexibility index (Phi) is 7.02. The first kappa shape index (κ1) is 22.5. The van der Waals surface area contributed by atoms with Crippen molar-refractivity contribution in [1.82, 2.24) is 14.9 Å². The van der Waals surface area contributed by atoms with E-state index in [2.05, 4.69) is 25.7 Å². The van der Waals surface area contributed by atoms with Gasteiger partial charge >= 0.3 is 0 Å². The molecule has 0 spiro atoms. The normalized spacial score (nSPS) is 15.4. The van der Waals surface area contributed by atoms with Gasteiger partial charge in [-0.25, -0.2) is 9.97 Å². The Morgan fingerprint density at radius 1 is 1.10 bits per heavy atom. The number of carbonyl (C=O) groups is 1. The van der Waals surface area contributed by atoms with Crippen molar-refractivity contribution in [2.24, 2.45) is 5.41 Å². The molecule has 0 bridgehead atoms. The van der Waals surface area contributed by atoms with Crippen LogP contribution in [0.4, 0.5) is 5.82 Å². The highest BCUT2D eigenvalue weighted by Crippen LogP contribution is 2.31. The SMILES string of the molecule is Cc1nc(-c2ccccc2)nc(N2CCCN(C(=O)C(C)(C)CCl)CC2)c1C(C)C. The lowest BCUT2D eigenvalue weighted by atomic mass is 9.94. The second-order valence-corrected chi connectivity index (χ2v) is 9.31. The topological polar surface area (TPSA) is 49.3 Å². The number of anilines is 1. The van der Waals surface area contributed by atoms with Gasteiger partial charge in [-0.15, -0.1) is 11.6 Å². The van der Waals surface area contributed by atoms with Gasteiger partial charge in [-0.2, -0.15) is 0 Å². The molecule has 1 amide bonds. The molecule has 5 nitrogen and oxygen atoms in total. The Bertz CT molecular complexity index is 882. The molecule has 6 heteroatoms. The minimum absolute atomic E-state index is 0.132. The zero-order valence-electron chi connectivity index (χ0n) is 18.8. The molecule has 0 aliphatic carbocycles. The molecule has 1 aromatic heterocycles. The van der Waals surface area contributed by atoms with Crippen LogP contribution in [0.25, 0.3) is 11.4 Å². The van der Waals surface area contributed by atoms with Crippen molar-refractivity contribution in [1.29, 1.82) is 0 Å². The van der Waals surface area contributed by atoms with E-state index in [9.17, 15) is 4.79 Å². The summed E-state index contributed by atoms with van der Waals surface area (Å²) in [5.41, 5.74) is 2.70. The molecular weight excluding hydrogens is 396 g/mol. The van der Waals surface area contributed by atoms with Crippen LogP contribution in [-0.4, -0.2) is 52.8 Å². The first-order valence-corrected chi connectivity index (χ1v) is 11.3. The number of carbonyl (C=O) groups excluding carboxylic acids is 1. The first-order chi connectivity index (χ1) is 14.2. The van der Waals surface area contributed by atoms with Gasteiger partial charge in [-0.1, -0.05) is 44.2 Å². The minimum Gasteiger partial charge on any atom is -0.354 e. The standard InChI is InChI=1S/C24H33ClN4O/c1-17(2)20-18(3)26-21(19-10-7-6-8-11-19)27-22(20)28-12-9-13-29(15-14-28)23(30)24(4,5)16-25/h6-8,10-11,17H,9,12-16H2,1-5H3. The Hall–Kier alpha value is -2.14. The number of benzene rings is 1. The molecule has 30 heavy (non-hydrogen) atoms. The summed E-state index contributed by atoms with van der Waals surface area (Å²) < 4.78 is 0. The van der Waals surface area contributed by atoms with Crippen molar-refractivity contribution in [3.63, 3.8) is 0 Å². The fourth-order valence-corrected chi connectivity index (χ4v) is 4.13. The van der Waals surface area contributed by atoms with E-state index < -0.39 is 5.41 Å². The molecule has 1 aliphatic heterocycles. The van der Waals surface area contributed by atoms with Crippen LogP contribution >= 0.6 is 11.6 Å². The monoisotopic (exact) mass is 428 g/mol. The molecule has 0 atom stereocenters. The number of hydrogen-bond donors (Lipinski definition) is 0. The van der Waals surface area contributed by atoms with Crippen LogP contribution < -0.4 is 4.90 Å². The summed E-state index contributed by atoms with van der Waals surface area (Å²) >= 11 is 6.05. The van der Waals surface area contributed by atoms with E-state index in [-0.39, 0.29) is 5.91 Å². The third-order valence-corrected chi connectivity index (χ3v) is 6.39. The van der Waals surface area contributed by atoms with Crippen LogP contribution in [0.2, 0.25) is 0 Å². The zero-order chi connectivity index (χ0) is 21.9. The van der Waals surface area contributed by atoms with Crippen molar-refractivity contribution in [3.05, 3.63) is 41.6 Å². The summed E-state index contributed by atoms with van der Waals surface area (Å²) in [6, 6.07) is 10.1. The van der Waals surface area contributed by atoms with Crippen LogP contribution in [-0.2, 0) is 4.79 Å². The van der Waals surface area contributed by atoms with Crippen molar-refractivity contribution < 1.29 is 4.79 Å². The maximum absolute atomic E-state index is 12.9. The third kappa shape index (κ3) is 4.77. The van der Waals surface area contributed by atoms with E-state index in [4.69, 9.17) is 21.6 Å². The molecule has 1 aliphatic rings. The first-order valence-electron chi connectivity index (χ1n) is 10.8. The molecule has 162 valence electrons. The number of nitrogens with zero attached hydrogens (tertiary/aromatic N) is 4. The van der Waals surface area contributed by atoms with Gasteiger partial charge in [0.25, 0.3) is 0 Å². The van der Waals surface area contributed by atoms with E-state index in [0.29, 0.717) is 18.3 Å². The van der Waals surface area contributed by atoms with Gasteiger partial charge in [0, 0.05) is 48.9 Å². The number of halogens is 1. The second-order valence-electron chi connectivity index (χ2n) is 9.04. The molecule has 2 aromatic rings. The lowest BCUT2D eigenvalue weighted by Crippen LogP contribution is -2.43. The molecule has 1 saturated heterocycles. The van der Waals surface area contributed by atoms with Crippen molar-refractivity contribution in [3.8, 4) is 11.4 Å². The molecule has 0 radical (unpaired) electrons. The quantitative estimate of drug-likeness (QED) is 0.637. The molecule has 0 saturated carbocycles. The molecule has 3 rings (SSSR count). The fourth-order valence-electron chi connectivity index (χ4n) is 4.02. The number of hydrogen-bond acceptors (Lipinski definition) is 4. The Morgan fingerprint density at radius 2 is 1.80 bits per heavy atom. The Balaban J connectivity index is 1.92. The minimum atomic E-state index is -0.536. The largest absolute Gasteiger partial charge is 0.354 e. The van der Waals surface area contributed by atoms with E-state index >= 15 is 0 Å². The van der Waals surface area contributed by atoms with Gasteiger partial charge in [-0.05, 0) is 33.1 Å².